The second kappa shape index (κ2) is 9.66. The number of ether oxygens (including phenoxy) is 1. The standard InChI is InChI=1S/C22H27ClN4O4S/c1-16-4-2-5-17(12-16)27-10-8-26(9-11-27)7-3-6-24-32(29,30)21-14-20-19(13-18(21)23)25-22(28)15-31-20/h2,4-5,12-14,24H,3,6-11,15H2,1H3,(H,25,28). The molecule has 2 aromatic rings. The van der Waals surface area contributed by atoms with Gasteiger partial charge in [0.1, 0.15) is 10.6 Å². The number of amides is 1. The third-order valence-electron chi connectivity index (χ3n) is 5.64. The van der Waals surface area contributed by atoms with Gasteiger partial charge in [-0.05, 0) is 43.7 Å². The Morgan fingerprint density at radius 1 is 1.16 bits per heavy atom. The van der Waals surface area contributed by atoms with Gasteiger partial charge < -0.3 is 15.0 Å². The van der Waals surface area contributed by atoms with E-state index in [1.807, 2.05) is 0 Å². The first kappa shape index (κ1) is 22.8. The average Bonchev–Trinajstić information content (AvgIpc) is 2.76. The number of fused-ring (bicyclic) bond motifs is 1. The zero-order chi connectivity index (χ0) is 22.7. The number of rotatable bonds is 7. The van der Waals surface area contributed by atoms with Gasteiger partial charge in [-0.15, -0.1) is 0 Å². The van der Waals surface area contributed by atoms with Crippen LogP contribution in [-0.4, -0.2) is 65.1 Å². The Kier molecular flexibility index (Phi) is 6.90. The Labute approximate surface area is 193 Å². The number of hydrogen-bond acceptors (Lipinski definition) is 6. The molecule has 172 valence electrons. The minimum absolute atomic E-state index is 0.0364. The van der Waals surface area contributed by atoms with Gasteiger partial charge in [0.25, 0.3) is 5.91 Å². The Morgan fingerprint density at radius 3 is 2.69 bits per heavy atom. The number of hydrogen-bond donors (Lipinski definition) is 2. The molecule has 4 rings (SSSR count). The van der Waals surface area contributed by atoms with E-state index in [2.05, 4.69) is 51.0 Å². The van der Waals surface area contributed by atoms with Crippen LogP contribution in [0.3, 0.4) is 0 Å². The number of anilines is 2. The van der Waals surface area contributed by atoms with Gasteiger partial charge in [0.15, 0.2) is 6.61 Å². The summed E-state index contributed by atoms with van der Waals surface area (Å²) in [6, 6.07) is 11.3. The summed E-state index contributed by atoms with van der Waals surface area (Å²) in [5.41, 5.74) is 2.88. The second-order valence-electron chi connectivity index (χ2n) is 8.03. The van der Waals surface area contributed by atoms with E-state index in [4.69, 9.17) is 16.3 Å². The SMILES string of the molecule is Cc1cccc(N2CCN(CCCNS(=O)(=O)c3cc4c(cc3Cl)NC(=O)CO4)CC2)c1. The van der Waals surface area contributed by atoms with Crippen molar-refractivity contribution in [2.24, 2.45) is 0 Å². The molecule has 32 heavy (non-hydrogen) atoms. The molecule has 8 nitrogen and oxygen atoms in total. The lowest BCUT2D eigenvalue weighted by Gasteiger charge is -2.36. The van der Waals surface area contributed by atoms with Gasteiger partial charge in [-0.2, -0.15) is 0 Å². The van der Waals surface area contributed by atoms with Crippen LogP contribution in [0.4, 0.5) is 11.4 Å². The van der Waals surface area contributed by atoms with Crippen LogP contribution in [0.1, 0.15) is 12.0 Å². The van der Waals surface area contributed by atoms with E-state index in [1.165, 1.54) is 23.4 Å². The quantitative estimate of drug-likeness (QED) is 0.594. The number of piperazine rings is 1. The highest BCUT2D eigenvalue weighted by molar-refractivity contribution is 7.89. The monoisotopic (exact) mass is 478 g/mol. The molecule has 2 heterocycles. The van der Waals surface area contributed by atoms with Gasteiger partial charge in [-0.3, -0.25) is 9.69 Å². The largest absolute Gasteiger partial charge is 0.482 e. The maximum absolute atomic E-state index is 12.7. The van der Waals surface area contributed by atoms with Crippen molar-refractivity contribution in [3.63, 3.8) is 0 Å². The molecule has 10 heteroatoms. The normalized spacial score (nSPS) is 16.9. The fourth-order valence-electron chi connectivity index (χ4n) is 3.93. The summed E-state index contributed by atoms with van der Waals surface area (Å²) in [6.45, 7) is 6.87. The summed E-state index contributed by atoms with van der Waals surface area (Å²) in [6.07, 6.45) is 0.693. The average molecular weight is 479 g/mol. The third kappa shape index (κ3) is 5.35. The van der Waals surface area contributed by atoms with Crippen molar-refractivity contribution in [1.82, 2.24) is 9.62 Å². The maximum atomic E-state index is 12.7. The van der Waals surface area contributed by atoms with E-state index in [0.29, 0.717) is 24.4 Å². The van der Waals surface area contributed by atoms with Crippen LogP contribution in [0.25, 0.3) is 0 Å². The fraction of sp³-hybridized carbons (Fsp3) is 0.409. The summed E-state index contributed by atoms with van der Waals surface area (Å²) < 4.78 is 33.4. The van der Waals surface area contributed by atoms with Gasteiger partial charge in [0, 0.05) is 44.5 Å². The van der Waals surface area contributed by atoms with Gasteiger partial charge >= 0.3 is 0 Å². The lowest BCUT2D eigenvalue weighted by molar-refractivity contribution is -0.118. The molecule has 2 aliphatic heterocycles. The van der Waals surface area contributed by atoms with Crippen molar-refractivity contribution in [3.05, 3.63) is 47.0 Å². The van der Waals surface area contributed by atoms with Crippen LogP contribution < -0.4 is 19.7 Å². The van der Waals surface area contributed by atoms with Crippen molar-refractivity contribution >= 4 is 38.9 Å². The number of nitrogens with zero attached hydrogens (tertiary/aromatic N) is 2. The molecule has 2 aromatic carbocycles. The maximum Gasteiger partial charge on any atom is 0.262 e. The predicted molar refractivity (Wildman–Crippen MR) is 125 cm³/mol. The number of nitrogens with one attached hydrogen (secondary N) is 2. The lowest BCUT2D eigenvalue weighted by atomic mass is 10.2. The Morgan fingerprint density at radius 2 is 1.94 bits per heavy atom. The van der Waals surface area contributed by atoms with Crippen molar-refractivity contribution in [3.8, 4) is 5.75 Å². The van der Waals surface area contributed by atoms with E-state index < -0.39 is 10.0 Å². The van der Waals surface area contributed by atoms with Crippen LogP contribution in [0.5, 0.6) is 5.75 Å². The van der Waals surface area contributed by atoms with Gasteiger partial charge in [-0.25, -0.2) is 13.1 Å². The molecule has 0 radical (unpaired) electrons. The molecule has 0 bridgehead atoms. The van der Waals surface area contributed by atoms with E-state index in [1.54, 1.807) is 0 Å². The predicted octanol–water partition coefficient (Wildman–Crippen LogP) is 2.47. The first-order chi connectivity index (χ1) is 15.3. The number of benzene rings is 2. The van der Waals surface area contributed by atoms with Crippen LogP contribution >= 0.6 is 11.6 Å². The highest BCUT2D eigenvalue weighted by Gasteiger charge is 2.24. The molecule has 2 N–H and O–H groups in total. The van der Waals surface area contributed by atoms with Gasteiger partial charge in [0.05, 0.1) is 10.7 Å². The molecule has 1 saturated heterocycles. The van der Waals surface area contributed by atoms with E-state index >= 15 is 0 Å². The van der Waals surface area contributed by atoms with Gasteiger partial charge in [0.2, 0.25) is 10.0 Å². The summed E-state index contributed by atoms with van der Waals surface area (Å²) in [4.78, 5) is 16.1. The topological polar surface area (TPSA) is 91.0 Å². The van der Waals surface area contributed by atoms with Crippen molar-refractivity contribution in [2.45, 2.75) is 18.2 Å². The first-order valence-electron chi connectivity index (χ1n) is 10.6. The zero-order valence-electron chi connectivity index (χ0n) is 17.9. The molecular formula is C22H27ClN4O4S. The molecule has 2 aliphatic rings. The van der Waals surface area contributed by atoms with Crippen LogP contribution in [0.15, 0.2) is 41.3 Å². The second-order valence-corrected chi connectivity index (χ2v) is 10.2. The Balaban J connectivity index is 1.26. The molecule has 1 fully saturated rings. The molecule has 0 aliphatic carbocycles. The highest BCUT2D eigenvalue weighted by Crippen LogP contribution is 2.35. The van der Waals surface area contributed by atoms with Gasteiger partial charge in [-0.1, -0.05) is 23.7 Å². The molecule has 0 aromatic heterocycles. The summed E-state index contributed by atoms with van der Waals surface area (Å²) in [5, 5.41) is 2.65. The number of halogens is 1. The number of aryl methyl sites for hydroxylation is 1. The van der Waals surface area contributed by atoms with E-state index in [0.717, 1.165) is 32.7 Å². The highest BCUT2D eigenvalue weighted by atomic mass is 35.5. The lowest BCUT2D eigenvalue weighted by Crippen LogP contribution is -2.47. The molecule has 0 unspecified atom stereocenters. The smallest absolute Gasteiger partial charge is 0.262 e. The first-order valence-corrected chi connectivity index (χ1v) is 12.5. The van der Waals surface area contributed by atoms with Crippen LogP contribution in [0, 0.1) is 6.92 Å². The van der Waals surface area contributed by atoms with E-state index in [9.17, 15) is 13.2 Å². The molecule has 0 spiro atoms. The fourth-order valence-corrected chi connectivity index (χ4v) is 5.54. The van der Waals surface area contributed by atoms with Crippen molar-refractivity contribution in [1.29, 1.82) is 0 Å². The van der Waals surface area contributed by atoms with Crippen LogP contribution in [0.2, 0.25) is 5.02 Å². The van der Waals surface area contributed by atoms with Crippen molar-refractivity contribution < 1.29 is 17.9 Å². The molecule has 0 saturated carbocycles. The Hall–Kier alpha value is -2.33. The minimum atomic E-state index is -3.79. The number of carbonyl (C=O) groups excluding carboxylic acids is 1. The minimum Gasteiger partial charge on any atom is -0.482 e. The summed E-state index contributed by atoms with van der Waals surface area (Å²) in [5.74, 6) is -0.0112. The van der Waals surface area contributed by atoms with Crippen LogP contribution in [-0.2, 0) is 14.8 Å². The molecule has 0 atom stereocenters. The Bertz CT molecular complexity index is 1100. The summed E-state index contributed by atoms with van der Waals surface area (Å²) in [7, 11) is -3.79. The summed E-state index contributed by atoms with van der Waals surface area (Å²) >= 11 is 6.16. The number of carbonyl (C=O) groups is 1. The zero-order valence-corrected chi connectivity index (χ0v) is 19.5. The number of sulfonamides is 1. The van der Waals surface area contributed by atoms with E-state index in [-0.39, 0.29) is 22.4 Å². The third-order valence-corrected chi connectivity index (χ3v) is 7.56. The van der Waals surface area contributed by atoms with Crippen molar-refractivity contribution in [2.75, 3.05) is 56.1 Å². The molecular weight excluding hydrogens is 452 g/mol. The molecule has 1 amide bonds.